The summed E-state index contributed by atoms with van der Waals surface area (Å²) in [6.07, 6.45) is 7.79. The van der Waals surface area contributed by atoms with Gasteiger partial charge in [0.1, 0.15) is 0 Å². The maximum absolute atomic E-state index is 12.1. The van der Waals surface area contributed by atoms with Crippen molar-refractivity contribution in [3.8, 4) is 5.69 Å². The van der Waals surface area contributed by atoms with Gasteiger partial charge in [0.15, 0.2) is 0 Å². The summed E-state index contributed by atoms with van der Waals surface area (Å²) in [5, 5.41) is 2.80. The lowest BCUT2D eigenvalue weighted by Crippen LogP contribution is -2.32. The lowest BCUT2D eigenvalue weighted by molar-refractivity contribution is -0.129. The molecule has 3 rings (SSSR count). The van der Waals surface area contributed by atoms with Gasteiger partial charge in [-0.15, -0.1) is 0 Å². The Morgan fingerprint density at radius 2 is 1.87 bits per heavy atom. The van der Waals surface area contributed by atoms with E-state index in [0.717, 1.165) is 31.6 Å². The van der Waals surface area contributed by atoms with Gasteiger partial charge >= 0.3 is 0 Å². The summed E-state index contributed by atoms with van der Waals surface area (Å²) in [5.74, 6) is -0.0327. The Bertz CT molecular complexity index is 658. The minimum absolute atomic E-state index is 0.123. The van der Waals surface area contributed by atoms with Crippen molar-refractivity contribution < 1.29 is 9.59 Å². The largest absolute Gasteiger partial charge is 0.352 e. The van der Waals surface area contributed by atoms with Crippen LogP contribution in [0.3, 0.4) is 0 Å². The van der Waals surface area contributed by atoms with Gasteiger partial charge in [0, 0.05) is 49.7 Å². The standard InChI is InChI=1S/C17H20N4O2/c22-16(20-10-1-2-11-20)7-8-19-17(23)14-3-5-15(6-4-14)21-12-9-18-13-21/h3-6,9,12-13H,1-2,7-8,10-11H2,(H,19,23). The fraction of sp³-hybridized carbons (Fsp3) is 0.353. The van der Waals surface area contributed by atoms with Gasteiger partial charge in [0.2, 0.25) is 5.91 Å². The fourth-order valence-corrected chi connectivity index (χ4v) is 2.71. The number of amides is 2. The molecule has 0 aliphatic carbocycles. The predicted molar refractivity (Wildman–Crippen MR) is 86.3 cm³/mol. The lowest BCUT2D eigenvalue weighted by atomic mass is 10.2. The molecule has 1 fully saturated rings. The van der Waals surface area contributed by atoms with Crippen LogP contribution in [-0.4, -0.2) is 45.9 Å². The van der Waals surface area contributed by atoms with Crippen LogP contribution >= 0.6 is 0 Å². The molecule has 0 atom stereocenters. The van der Waals surface area contributed by atoms with E-state index in [0.29, 0.717) is 18.5 Å². The molecular weight excluding hydrogens is 292 g/mol. The Kier molecular flexibility index (Phi) is 4.71. The van der Waals surface area contributed by atoms with Crippen LogP contribution in [-0.2, 0) is 4.79 Å². The number of imidazole rings is 1. The Morgan fingerprint density at radius 3 is 2.52 bits per heavy atom. The highest BCUT2D eigenvalue weighted by molar-refractivity contribution is 5.94. The van der Waals surface area contributed by atoms with E-state index in [4.69, 9.17) is 0 Å². The molecule has 1 aliphatic rings. The van der Waals surface area contributed by atoms with Crippen molar-refractivity contribution in [2.24, 2.45) is 0 Å². The second-order valence-corrected chi connectivity index (χ2v) is 5.61. The molecule has 120 valence electrons. The van der Waals surface area contributed by atoms with Crippen molar-refractivity contribution in [1.29, 1.82) is 0 Å². The highest BCUT2D eigenvalue weighted by atomic mass is 16.2. The smallest absolute Gasteiger partial charge is 0.251 e. The molecule has 1 N–H and O–H groups in total. The molecule has 2 aromatic rings. The number of nitrogens with one attached hydrogen (secondary N) is 1. The van der Waals surface area contributed by atoms with Crippen molar-refractivity contribution in [1.82, 2.24) is 19.8 Å². The van der Waals surface area contributed by atoms with E-state index in [1.54, 1.807) is 24.7 Å². The lowest BCUT2D eigenvalue weighted by Gasteiger charge is -2.15. The zero-order valence-corrected chi connectivity index (χ0v) is 12.9. The number of likely N-dealkylation sites (tertiary alicyclic amines) is 1. The molecule has 23 heavy (non-hydrogen) atoms. The highest BCUT2D eigenvalue weighted by Crippen LogP contribution is 2.10. The van der Waals surface area contributed by atoms with Gasteiger partial charge in [-0.25, -0.2) is 4.98 Å². The fourth-order valence-electron chi connectivity index (χ4n) is 2.71. The number of hydrogen-bond acceptors (Lipinski definition) is 3. The van der Waals surface area contributed by atoms with Gasteiger partial charge < -0.3 is 14.8 Å². The van der Waals surface area contributed by atoms with Crippen LogP contribution in [0.1, 0.15) is 29.6 Å². The first-order valence-electron chi connectivity index (χ1n) is 7.88. The molecule has 0 radical (unpaired) electrons. The third-order valence-electron chi connectivity index (χ3n) is 4.02. The monoisotopic (exact) mass is 312 g/mol. The summed E-state index contributed by atoms with van der Waals surface area (Å²) in [6.45, 7) is 2.07. The Balaban J connectivity index is 1.49. The average Bonchev–Trinajstić information content (AvgIpc) is 3.28. The van der Waals surface area contributed by atoms with E-state index in [1.807, 2.05) is 27.8 Å². The molecule has 0 spiro atoms. The summed E-state index contributed by atoms with van der Waals surface area (Å²) < 4.78 is 1.87. The average molecular weight is 312 g/mol. The van der Waals surface area contributed by atoms with E-state index in [-0.39, 0.29) is 11.8 Å². The second kappa shape index (κ2) is 7.09. The number of nitrogens with zero attached hydrogens (tertiary/aromatic N) is 3. The summed E-state index contributed by atoms with van der Waals surface area (Å²) in [7, 11) is 0. The molecule has 6 heteroatoms. The van der Waals surface area contributed by atoms with Crippen LogP contribution in [0, 0.1) is 0 Å². The molecule has 0 bridgehead atoms. The van der Waals surface area contributed by atoms with Crippen molar-refractivity contribution in [2.45, 2.75) is 19.3 Å². The normalized spacial score (nSPS) is 14.0. The number of carbonyl (C=O) groups is 2. The molecule has 1 aromatic carbocycles. The van der Waals surface area contributed by atoms with E-state index >= 15 is 0 Å². The molecular formula is C17H20N4O2. The third kappa shape index (κ3) is 3.77. The zero-order chi connectivity index (χ0) is 16.1. The quantitative estimate of drug-likeness (QED) is 0.912. The first-order valence-corrected chi connectivity index (χ1v) is 7.88. The Hall–Kier alpha value is -2.63. The summed E-state index contributed by atoms with van der Waals surface area (Å²) in [5.41, 5.74) is 1.53. The maximum Gasteiger partial charge on any atom is 0.251 e. The molecule has 1 saturated heterocycles. The molecule has 2 heterocycles. The van der Waals surface area contributed by atoms with E-state index in [2.05, 4.69) is 10.3 Å². The summed E-state index contributed by atoms with van der Waals surface area (Å²) in [6, 6.07) is 7.28. The molecule has 0 saturated carbocycles. The van der Waals surface area contributed by atoms with Crippen molar-refractivity contribution in [3.63, 3.8) is 0 Å². The van der Waals surface area contributed by atoms with Gasteiger partial charge in [-0.05, 0) is 37.1 Å². The van der Waals surface area contributed by atoms with Gasteiger partial charge in [0.25, 0.3) is 5.91 Å². The van der Waals surface area contributed by atoms with Crippen molar-refractivity contribution >= 4 is 11.8 Å². The summed E-state index contributed by atoms with van der Waals surface area (Å²) in [4.78, 5) is 29.9. The van der Waals surface area contributed by atoms with E-state index < -0.39 is 0 Å². The van der Waals surface area contributed by atoms with Gasteiger partial charge in [-0.1, -0.05) is 0 Å². The van der Waals surface area contributed by atoms with Crippen LogP contribution in [0.2, 0.25) is 0 Å². The van der Waals surface area contributed by atoms with E-state index in [1.165, 1.54) is 0 Å². The molecule has 1 aromatic heterocycles. The van der Waals surface area contributed by atoms with Crippen LogP contribution in [0.5, 0.6) is 0 Å². The number of rotatable bonds is 5. The van der Waals surface area contributed by atoms with Crippen LogP contribution < -0.4 is 5.32 Å². The zero-order valence-electron chi connectivity index (χ0n) is 12.9. The van der Waals surface area contributed by atoms with Gasteiger partial charge in [-0.2, -0.15) is 0 Å². The van der Waals surface area contributed by atoms with Crippen molar-refractivity contribution in [2.75, 3.05) is 19.6 Å². The second-order valence-electron chi connectivity index (χ2n) is 5.61. The molecule has 1 aliphatic heterocycles. The minimum Gasteiger partial charge on any atom is -0.352 e. The van der Waals surface area contributed by atoms with Crippen molar-refractivity contribution in [3.05, 3.63) is 48.5 Å². The number of carbonyl (C=O) groups excluding carboxylic acids is 2. The molecule has 0 unspecified atom stereocenters. The van der Waals surface area contributed by atoms with E-state index in [9.17, 15) is 9.59 Å². The first kappa shape index (κ1) is 15.3. The summed E-state index contributed by atoms with van der Waals surface area (Å²) >= 11 is 0. The molecule has 2 amide bonds. The van der Waals surface area contributed by atoms with Crippen LogP contribution in [0.4, 0.5) is 0 Å². The number of hydrogen-bond donors (Lipinski definition) is 1. The predicted octanol–water partition coefficient (Wildman–Crippen LogP) is 1.61. The topological polar surface area (TPSA) is 67.2 Å². The number of aromatic nitrogens is 2. The van der Waals surface area contributed by atoms with Gasteiger partial charge in [0.05, 0.1) is 6.33 Å². The maximum atomic E-state index is 12.1. The first-order chi connectivity index (χ1) is 11.2. The van der Waals surface area contributed by atoms with Gasteiger partial charge in [-0.3, -0.25) is 9.59 Å². The minimum atomic E-state index is -0.156. The SMILES string of the molecule is O=C(NCCC(=O)N1CCCC1)c1ccc(-n2ccnc2)cc1. The van der Waals surface area contributed by atoms with Crippen LogP contribution in [0.25, 0.3) is 5.69 Å². The van der Waals surface area contributed by atoms with Crippen LogP contribution in [0.15, 0.2) is 43.0 Å². The molecule has 6 nitrogen and oxygen atoms in total. The Morgan fingerprint density at radius 1 is 1.13 bits per heavy atom. The highest BCUT2D eigenvalue weighted by Gasteiger charge is 2.17. The Labute approximate surface area is 135 Å². The third-order valence-corrected chi connectivity index (χ3v) is 4.02. The number of benzene rings is 1.